The topological polar surface area (TPSA) is 138 Å². The van der Waals surface area contributed by atoms with Gasteiger partial charge in [0.05, 0.1) is 6.07 Å². The predicted octanol–water partition coefficient (Wildman–Crippen LogP) is 0.691. The van der Waals surface area contributed by atoms with Gasteiger partial charge in [-0.3, -0.25) is 4.79 Å². The number of nitrogens with zero attached hydrogens (tertiary/aromatic N) is 2. The van der Waals surface area contributed by atoms with E-state index in [1.165, 1.54) is 0 Å². The Labute approximate surface area is 108 Å². The minimum absolute atomic E-state index is 0.213. The molecule has 1 unspecified atom stereocenters. The van der Waals surface area contributed by atoms with E-state index in [2.05, 4.69) is 15.5 Å². The van der Waals surface area contributed by atoms with Crippen LogP contribution in [0.4, 0.5) is 5.82 Å². The van der Waals surface area contributed by atoms with E-state index in [0.29, 0.717) is 12.8 Å². The van der Waals surface area contributed by atoms with Gasteiger partial charge in [-0.1, -0.05) is 24.9 Å². The molecule has 0 aromatic carbocycles. The number of carboxylic acid groups (broad SMARTS) is 1. The fourth-order valence-corrected chi connectivity index (χ4v) is 1.42. The van der Waals surface area contributed by atoms with Crippen LogP contribution in [0.5, 0.6) is 0 Å². The monoisotopic (exact) mass is 270 g/mol. The van der Waals surface area contributed by atoms with Crippen molar-refractivity contribution in [1.29, 1.82) is 0 Å². The second-order valence-corrected chi connectivity index (χ2v) is 3.90. The highest BCUT2D eigenvalue weighted by molar-refractivity contribution is 5.95. The summed E-state index contributed by atoms with van der Waals surface area (Å²) in [7, 11) is 0. The van der Waals surface area contributed by atoms with Gasteiger partial charge in [0, 0.05) is 0 Å². The Kier molecular flexibility index (Phi) is 4.98. The lowest BCUT2D eigenvalue weighted by molar-refractivity contribution is -0.389. The van der Waals surface area contributed by atoms with E-state index in [1.807, 2.05) is 6.92 Å². The van der Waals surface area contributed by atoms with Gasteiger partial charge in [0.25, 0.3) is 5.91 Å². The van der Waals surface area contributed by atoms with Gasteiger partial charge in [-0.05, 0) is 11.3 Å². The van der Waals surface area contributed by atoms with Crippen LogP contribution in [0.1, 0.15) is 36.7 Å². The molecule has 0 aliphatic carbocycles. The summed E-state index contributed by atoms with van der Waals surface area (Å²) in [6, 6.07) is -0.0724. The summed E-state index contributed by atoms with van der Waals surface area (Å²) in [4.78, 5) is 32.3. The summed E-state index contributed by atoms with van der Waals surface area (Å²) in [5.74, 6) is -2.33. The Morgan fingerprint density at radius 3 is 2.79 bits per heavy atom. The maximum Gasteiger partial charge on any atom is 0.343 e. The molecule has 1 rings (SSSR count). The standard InChI is InChI=1S/C10H14N4O5/c1-2-3-4-6(10(16)17)11-9(15)7-5-8(13-12-7)14(18)19/h5-6H,2-4H2,1H3,(H,11,15)(H,12,13)(H,16,17). The zero-order valence-electron chi connectivity index (χ0n) is 10.3. The molecule has 0 fully saturated rings. The van der Waals surface area contributed by atoms with E-state index in [1.54, 1.807) is 0 Å². The molecule has 0 aliphatic heterocycles. The Hall–Kier alpha value is -2.45. The number of carboxylic acids is 1. The van der Waals surface area contributed by atoms with Crippen molar-refractivity contribution in [3.8, 4) is 0 Å². The first kappa shape index (κ1) is 14.6. The van der Waals surface area contributed by atoms with Crippen molar-refractivity contribution in [2.24, 2.45) is 0 Å². The number of carbonyl (C=O) groups is 2. The molecule has 104 valence electrons. The molecule has 1 heterocycles. The molecule has 0 saturated heterocycles. The lowest BCUT2D eigenvalue weighted by Gasteiger charge is -2.12. The van der Waals surface area contributed by atoms with Crippen LogP contribution in [-0.2, 0) is 4.79 Å². The lowest BCUT2D eigenvalue weighted by atomic mass is 10.1. The third-order valence-electron chi connectivity index (χ3n) is 2.44. The van der Waals surface area contributed by atoms with Crippen LogP contribution in [0.2, 0.25) is 0 Å². The van der Waals surface area contributed by atoms with E-state index in [4.69, 9.17) is 5.11 Å². The average Bonchev–Trinajstić information content (AvgIpc) is 2.83. The van der Waals surface area contributed by atoms with Crippen LogP contribution < -0.4 is 5.32 Å². The molecule has 1 aromatic heterocycles. The average molecular weight is 270 g/mol. The largest absolute Gasteiger partial charge is 0.480 e. The number of rotatable bonds is 7. The molecule has 1 amide bonds. The molecule has 1 atom stereocenters. The number of nitrogens with one attached hydrogen (secondary N) is 2. The van der Waals surface area contributed by atoms with E-state index in [0.717, 1.165) is 12.5 Å². The van der Waals surface area contributed by atoms with E-state index in [-0.39, 0.29) is 5.69 Å². The fraction of sp³-hybridized carbons (Fsp3) is 0.500. The van der Waals surface area contributed by atoms with Crippen molar-refractivity contribution in [3.63, 3.8) is 0 Å². The lowest BCUT2D eigenvalue weighted by Crippen LogP contribution is -2.40. The molecule has 0 radical (unpaired) electrons. The second kappa shape index (κ2) is 6.47. The highest BCUT2D eigenvalue weighted by atomic mass is 16.6. The number of carbonyl (C=O) groups excluding carboxylic acids is 1. The Morgan fingerprint density at radius 1 is 1.63 bits per heavy atom. The van der Waals surface area contributed by atoms with Gasteiger partial charge in [0.2, 0.25) is 0 Å². The molecular weight excluding hydrogens is 256 g/mol. The molecule has 0 bridgehead atoms. The molecular formula is C10H14N4O5. The first-order valence-corrected chi connectivity index (χ1v) is 5.69. The normalized spacial score (nSPS) is 11.8. The van der Waals surface area contributed by atoms with E-state index < -0.39 is 28.7 Å². The summed E-state index contributed by atoms with van der Waals surface area (Å²) in [6.07, 6.45) is 1.75. The summed E-state index contributed by atoms with van der Waals surface area (Å²) < 4.78 is 0. The molecule has 19 heavy (non-hydrogen) atoms. The van der Waals surface area contributed by atoms with Crippen LogP contribution in [0.3, 0.4) is 0 Å². The van der Waals surface area contributed by atoms with Crippen LogP contribution in [0.15, 0.2) is 6.07 Å². The maximum absolute atomic E-state index is 11.7. The van der Waals surface area contributed by atoms with Crippen molar-refractivity contribution < 1.29 is 19.6 Å². The van der Waals surface area contributed by atoms with E-state index in [9.17, 15) is 19.7 Å². The number of amides is 1. The summed E-state index contributed by atoms with van der Waals surface area (Å²) in [5, 5.41) is 27.2. The number of aromatic nitrogens is 2. The summed E-state index contributed by atoms with van der Waals surface area (Å²) >= 11 is 0. The Morgan fingerprint density at radius 2 is 2.32 bits per heavy atom. The highest BCUT2D eigenvalue weighted by Gasteiger charge is 2.23. The first-order chi connectivity index (χ1) is 8.95. The first-order valence-electron chi connectivity index (χ1n) is 5.69. The van der Waals surface area contributed by atoms with E-state index >= 15 is 0 Å². The highest BCUT2D eigenvalue weighted by Crippen LogP contribution is 2.09. The van der Waals surface area contributed by atoms with Gasteiger partial charge < -0.3 is 20.5 Å². The summed E-state index contributed by atoms with van der Waals surface area (Å²) in [6.45, 7) is 1.90. The molecule has 0 aliphatic rings. The third kappa shape index (κ3) is 4.05. The van der Waals surface area contributed by atoms with Gasteiger partial charge in [-0.25, -0.2) is 4.79 Å². The van der Waals surface area contributed by atoms with Gasteiger partial charge in [-0.2, -0.15) is 0 Å². The zero-order chi connectivity index (χ0) is 14.4. The number of aliphatic carboxylic acids is 1. The Bertz CT molecular complexity index is 484. The van der Waals surface area contributed by atoms with Gasteiger partial charge in [0.15, 0.2) is 5.69 Å². The smallest absolute Gasteiger partial charge is 0.343 e. The Balaban J connectivity index is 2.70. The summed E-state index contributed by atoms with van der Waals surface area (Å²) in [5.41, 5.74) is -0.213. The van der Waals surface area contributed by atoms with Gasteiger partial charge in [0.1, 0.15) is 6.04 Å². The fourth-order valence-electron chi connectivity index (χ4n) is 1.42. The van der Waals surface area contributed by atoms with Crippen molar-refractivity contribution in [1.82, 2.24) is 15.5 Å². The van der Waals surface area contributed by atoms with Crippen molar-refractivity contribution in [2.45, 2.75) is 32.2 Å². The second-order valence-electron chi connectivity index (χ2n) is 3.90. The number of nitro groups is 1. The minimum Gasteiger partial charge on any atom is -0.480 e. The van der Waals surface area contributed by atoms with Gasteiger partial charge in [-0.15, -0.1) is 5.10 Å². The molecule has 3 N–H and O–H groups in total. The maximum atomic E-state index is 11.7. The molecule has 0 spiro atoms. The van der Waals surface area contributed by atoms with Crippen LogP contribution in [-0.4, -0.2) is 38.1 Å². The van der Waals surface area contributed by atoms with Crippen molar-refractivity contribution in [3.05, 3.63) is 21.9 Å². The molecule has 1 aromatic rings. The predicted molar refractivity (Wildman–Crippen MR) is 63.7 cm³/mol. The quantitative estimate of drug-likeness (QED) is 0.492. The van der Waals surface area contributed by atoms with Crippen molar-refractivity contribution >= 4 is 17.7 Å². The molecule has 9 nitrogen and oxygen atoms in total. The number of unbranched alkanes of at least 4 members (excludes halogenated alkanes) is 1. The number of H-pyrrole nitrogens is 1. The van der Waals surface area contributed by atoms with Crippen molar-refractivity contribution in [2.75, 3.05) is 0 Å². The minimum atomic E-state index is -1.15. The molecule has 0 saturated carbocycles. The van der Waals surface area contributed by atoms with Crippen LogP contribution in [0, 0.1) is 10.1 Å². The molecule has 9 heteroatoms. The number of aromatic amines is 1. The number of hydrogen-bond acceptors (Lipinski definition) is 5. The van der Waals surface area contributed by atoms with Gasteiger partial charge >= 0.3 is 11.8 Å². The van der Waals surface area contributed by atoms with Crippen LogP contribution in [0.25, 0.3) is 0 Å². The number of hydrogen-bond donors (Lipinski definition) is 3. The zero-order valence-corrected chi connectivity index (χ0v) is 10.3. The SMILES string of the molecule is CCCCC(NC(=O)c1cc([N+](=O)[O-])[nH]n1)C(=O)O. The third-order valence-corrected chi connectivity index (χ3v) is 2.44. The van der Waals surface area contributed by atoms with Crippen LogP contribution >= 0.6 is 0 Å².